The molecule has 0 aromatic carbocycles. The van der Waals surface area contributed by atoms with E-state index in [0.717, 1.165) is 35.1 Å². The molecule has 0 spiro atoms. The van der Waals surface area contributed by atoms with E-state index in [-0.39, 0.29) is 0 Å². The number of hydrogen-bond acceptors (Lipinski definition) is 7. The molecule has 4 aliphatic heterocycles. The summed E-state index contributed by atoms with van der Waals surface area (Å²) in [7, 11) is 0. The van der Waals surface area contributed by atoms with Crippen LogP contribution in [0.1, 0.15) is 62.8 Å². The monoisotopic (exact) mass is 460 g/mol. The van der Waals surface area contributed by atoms with Crippen LogP contribution in [-0.2, 0) is 0 Å². The highest BCUT2D eigenvalue weighted by molar-refractivity contribution is 7.16. The molecule has 7 heteroatoms. The maximum atomic E-state index is 4.78. The second-order valence-corrected chi connectivity index (χ2v) is 11.2. The fourth-order valence-electron chi connectivity index (χ4n) is 5.77. The molecule has 0 N–H and O–H groups in total. The number of amidine groups is 1. The molecule has 0 amide bonds. The summed E-state index contributed by atoms with van der Waals surface area (Å²) in [6.07, 6.45) is 20.4. The van der Waals surface area contributed by atoms with Crippen molar-refractivity contribution < 1.29 is 0 Å². The summed E-state index contributed by atoms with van der Waals surface area (Å²) < 4.78 is 0. The molecule has 2 saturated heterocycles. The first-order valence-corrected chi connectivity index (χ1v) is 13.7. The van der Waals surface area contributed by atoms with Crippen molar-refractivity contribution in [1.82, 2.24) is 20.0 Å². The molecule has 2 saturated carbocycles. The van der Waals surface area contributed by atoms with E-state index in [9.17, 15) is 0 Å². The molecular formula is C26H32N6S. The minimum absolute atomic E-state index is 0.646. The molecular weight excluding hydrogens is 428 g/mol. The van der Waals surface area contributed by atoms with E-state index in [1.165, 1.54) is 87.7 Å². The lowest BCUT2D eigenvalue weighted by molar-refractivity contribution is 0.141. The summed E-state index contributed by atoms with van der Waals surface area (Å²) in [6.45, 7) is 4.79. The van der Waals surface area contributed by atoms with Gasteiger partial charge < -0.3 is 14.7 Å². The predicted molar refractivity (Wildman–Crippen MR) is 134 cm³/mol. The Balaban J connectivity index is 1.11. The third kappa shape index (κ3) is 3.89. The number of nitrogens with zero attached hydrogens (tertiary/aromatic N) is 6. The van der Waals surface area contributed by atoms with E-state index >= 15 is 0 Å². The number of likely N-dealkylation sites (tertiary alicyclic amines) is 1. The van der Waals surface area contributed by atoms with Crippen molar-refractivity contribution in [1.29, 1.82) is 0 Å². The van der Waals surface area contributed by atoms with E-state index in [4.69, 9.17) is 4.99 Å². The Bertz CT molecular complexity index is 1080. The summed E-state index contributed by atoms with van der Waals surface area (Å²) >= 11 is 1.76. The summed E-state index contributed by atoms with van der Waals surface area (Å²) in [5.41, 5.74) is 5.45. The summed E-state index contributed by atoms with van der Waals surface area (Å²) in [5, 5.41) is 11.4. The van der Waals surface area contributed by atoms with Crippen LogP contribution in [0.5, 0.6) is 0 Å². The van der Waals surface area contributed by atoms with Gasteiger partial charge in [-0.2, -0.15) is 0 Å². The molecule has 4 fully saturated rings. The third-order valence-corrected chi connectivity index (χ3v) is 8.97. The Labute approximate surface area is 200 Å². The lowest BCUT2D eigenvalue weighted by atomic mass is 10.0. The number of piperidine rings is 2. The molecule has 172 valence electrons. The molecule has 1 aromatic rings. The van der Waals surface area contributed by atoms with E-state index in [1.807, 2.05) is 6.20 Å². The number of fused-ring (bicyclic) bond motifs is 1. The largest absolute Gasteiger partial charge is 0.347 e. The van der Waals surface area contributed by atoms with Crippen molar-refractivity contribution in [2.45, 2.75) is 63.8 Å². The number of aromatic nitrogens is 2. The van der Waals surface area contributed by atoms with Crippen LogP contribution in [0.15, 0.2) is 46.4 Å². The molecule has 0 bridgehead atoms. The molecule has 6 nitrogen and oxygen atoms in total. The highest BCUT2D eigenvalue weighted by atomic mass is 32.1. The SMILES string of the molecule is C1=CC(=C2CC2)N2C=C(c3nnc(N4CCC(N5CCCCC5)CC4)s3)C=C(C3CC3)C2=N1. The summed E-state index contributed by atoms with van der Waals surface area (Å²) in [4.78, 5) is 12.3. The van der Waals surface area contributed by atoms with Crippen LogP contribution in [0.25, 0.3) is 5.57 Å². The Hall–Kier alpha value is -2.25. The lowest BCUT2D eigenvalue weighted by Crippen LogP contribution is -2.46. The van der Waals surface area contributed by atoms with Gasteiger partial charge in [0.25, 0.3) is 0 Å². The van der Waals surface area contributed by atoms with Gasteiger partial charge in [0.2, 0.25) is 5.13 Å². The Kier molecular flexibility index (Phi) is 5.01. The smallest absolute Gasteiger partial charge is 0.208 e. The van der Waals surface area contributed by atoms with Crippen LogP contribution in [-0.4, -0.2) is 58.1 Å². The van der Waals surface area contributed by atoms with E-state index in [2.05, 4.69) is 43.2 Å². The van der Waals surface area contributed by atoms with Crippen molar-refractivity contribution >= 4 is 27.9 Å². The first-order chi connectivity index (χ1) is 16.3. The quantitative estimate of drug-likeness (QED) is 0.636. The molecule has 0 unspecified atom stereocenters. The maximum absolute atomic E-state index is 4.78. The van der Waals surface area contributed by atoms with Gasteiger partial charge in [0.15, 0.2) is 5.01 Å². The van der Waals surface area contributed by atoms with Crippen LogP contribution >= 0.6 is 11.3 Å². The Morgan fingerprint density at radius 2 is 1.73 bits per heavy atom. The standard InChI is InChI=1S/C26H32N6S/c1-2-12-30(13-3-1)21-9-14-31(15-10-21)26-29-28-25(33-26)20-16-22(18-4-5-18)24-27-11-8-23(19-6-7-19)32(24)17-20/h8,11,16-18,21H,1-7,9-10,12-15H2. The lowest BCUT2D eigenvalue weighted by Gasteiger charge is -2.40. The van der Waals surface area contributed by atoms with Crippen LogP contribution in [0.2, 0.25) is 0 Å². The van der Waals surface area contributed by atoms with Gasteiger partial charge in [-0.1, -0.05) is 17.8 Å². The maximum Gasteiger partial charge on any atom is 0.208 e. The molecule has 7 rings (SSSR count). The zero-order chi connectivity index (χ0) is 21.8. The predicted octanol–water partition coefficient (Wildman–Crippen LogP) is 4.96. The van der Waals surface area contributed by atoms with Gasteiger partial charge in [-0.3, -0.25) is 0 Å². The summed E-state index contributed by atoms with van der Waals surface area (Å²) in [5.74, 6) is 1.77. The molecule has 0 radical (unpaired) electrons. The minimum Gasteiger partial charge on any atom is -0.347 e. The van der Waals surface area contributed by atoms with Gasteiger partial charge in [0.1, 0.15) is 5.84 Å². The highest BCUT2D eigenvalue weighted by Crippen LogP contribution is 2.45. The number of aliphatic imine (C=N–C) groups is 1. The molecule has 33 heavy (non-hydrogen) atoms. The number of allylic oxidation sites excluding steroid dienone is 4. The van der Waals surface area contributed by atoms with Crippen molar-refractivity contribution in [2.24, 2.45) is 10.9 Å². The van der Waals surface area contributed by atoms with Gasteiger partial charge in [-0.15, -0.1) is 10.2 Å². The fourth-order valence-corrected chi connectivity index (χ4v) is 6.65. The van der Waals surface area contributed by atoms with Crippen LogP contribution in [0, 0.1) is 5.92 Å². The number of rotatable bonds is 4. The first-order valence-electron chi connectivity index (χ1n) is 12.9. The van der Waals surface area contributed by atoms with Crippen molar-refractivity contribution in [3.63, 3.8) is 0 Å². The zero-order valence-corrected chi connectivity index (χ0v) is 20.1. The van der Waals surface area contributed by atoms with Gasteiger partial charge in [-0.25, -0.2) is 4.99 Å². The second-order valence-electron chi connectivity index (χ2n) is 10.3. The molecule has 2 aliphatic carbocycles. The van der Waals surface area contributed by atoms with E-state index in [0.29, 0.717) is 5.92 Å². The van der Waals surface area contributed by atoms with Gasteiger partial charge in [-0.05, 0) is 93.7 Å². The van der Waals surface area contributed by atoms with E-state index in [1.54, 1.807) is 16.9 Å². The van der Waals surface area contributed by atoms with Crippen LogP contribution < -0.4 is 4.90 Å². The Morgan fingerprint density at radius 3 is 2.48 bits per heavy atom. The van der Waals surface area contributed by atoms with E-state index < -0.39 is 0 Å². The summed E-state index contributed by atoms with van der Waals surface area (Å²) in [6, 6.07) is 0.762. The number of anilines is 1. The van der Waals surface area contributed by atoms with Gasteiger partial charge in [0.05, 0.1) is 0 Å². The average molecular weight is 461 g/mol. The van der Waals surface area contributed by atoms with Crippen LogP contribution in [0.3, 0.4) is 0 Å². The first kappa shape index (κ1) is 20.2. The topological polar surface area (TPSA) is 47.9 Å². The van der Waals surface area contributed by atoms with Gasteiger partial charge in [0, 0.05) is 42.8 Å². The Morgan fingerprint density at radius 1 is 0.909 bits per heavy atom. The minimum atomic E-state index is 0.646. The third-order valence-electron chi connectivity index (χ3n) is 7.94. The zero-order valence-electron chi connectivity index (χ0n) is 19.2. The molecule has 0 atom stereocenters. The highest BCUT2D eigenvalue weighted by Gasteiger charge is 2.37. The normalized spacial score (nSPS) is 26.2. The fraction of sp³-hybridized carbons (Fsp3) is 0.577. The molecule has 6 aliphatic rings. The second kappa shape index (κ2) is 8.20. The van der Waals surface area contributed by atoms with Crippen molar-refractivity contribution in [3.8, 4) is 0 Å². The number of hydrogen-bond donors (Lipinski definition) is 0. The average Bonchev–Trinajstić information content (AvgIpc) is 3.82. The van der Waals surface area contributed by atoms with Gasteiger partial charge >= 0.3 is 0 Å². The van der Waals surface area contributed by atoms with Crippen molar-refractivity contribution in [2.75, 3.05) is 31.1 Å². The molecule has 5 heterocycles. The van der Waals surface area contributed by atoms with Crippen LogP contribution in [0.4, 0.5) is 5.13 Å². The van der Waals surface area contributed by atoms with Crippen molar-refractivity contribution in [3.05, 3.63) is 46.4 Å². The molecule has 1 aromatic heterocycles.